The first-order valence-electron chi connectivity index (χ1n) is 3.92. The molecule has 0 atom stereocenters. The highest BCUT2D eigenvalue weighted by Crippen LogP contribution is 2.18. The molecule has 0 aromatic carbocycles. The van der Waals surface area contributed by atoms with Crippen LogP contribution in [0.5, 0.6) is 0 Å². The van der Waals surface area contributed by atoms with Gasteiger partial charge in [-0.2, -0.15) is 0 Å². The Morgan fingerprint density at radius 1 is 1.50 bits per heavy atom. The third-order valence-corrected chi connectivity index (χ3v) is 1.59. The second-order valence-corrected chi connectivity index (χ2v) is 2.39. The van der Waals surface area contributed by atoms with Crippen LogP contribution in [0.4, 0.5) is 0 Å². The number of alkyl halides is 1. The number of rotatable bonds is 2. The summed E-state index contributed by atoms with van der Waals surface area (Å²) in [4.78, 5) is 0. The molecule has 1 aliphatic carbocycles. The first-order chi connectivity index (χ1) is 5.84. The first kappa shape index (κ1) is 11.5. The maximum absolute atomic E-state index is 9.25. The van der Waals surface area contributed by atoms with E-state index in [4.69, 9.17) is 0 Å². The zero-order chi connectivity index (χ0) is 9.40. The van der Waals surface area contributed by atoms with Crippen molar-refractivity contribution in [2.24, 2.45) is 0 Å². The molecule has 0 radical (unpaired) electrons. The Hall–Kier alpha value is -0.500. The van der Waals surface area contributed by atoms with E-state index in [9.17, 15) is 5.11 Å². The molecule has 1 aliphatic rings. The molecule has 1 rings (SSSR count). The quantitative estimate of drug-likeness (QED) is 0.567. The summed E-state index contributed by atoms with van der Waals surface area (Å²) in [5.74, 6) is 2.25. The molecule has 0 amide bonds. The molecule has 0 aromatic rings. The summed E-state index contributed by atoms with van der Waals surface area (Å²) in [5, 5.41) is 9.25. The Balaban J connectivity index is 0.000000561. The number of halogens is 1. The van der Waals surface area contributed by atoms with Crippen LogP contribution in [0.25, 0.3) is 0 Å². The third kappa shape index (κ3) is 3.77. The fourth-order valence-electron chi connectivity index (χ4n) is 1.06. The van der Waals surface area contributed by atoms with Gasteiger partial charge in [-0.3, -0.25) is 0 Å². The van der Waals surface area contributed by atoms with Crippen LogP contribution in [0.2, 0.25) is 0 Å². The van der Waals surface area contributed by atoms with E-state index in [2.05, 4.69) is 28.6 Å². The number of aliphatic hydroxyl groups excluding tert-OH is 1. The van der Waals surface area contributed by atoms with Gasteiger partial charge in [-0.1, -0.05) is 28.1 Å². The van der Waals surface area contributed by atoms with Crippen LogP contribution in [0.15, 0.2) is 36.1 Å². The highest BCUT2D eigenvalue weighted by molar-refractivity contribution is 9.08. The monoisotopic (exact) mass is 230 g/mol. The van der Waals surface area contributed by atoms with Crippen molar-refractivity contribution in [1.29, 1.82) is 0 Å². The van der Waals surface area contributed by atoms with Gasteiger partial charge in [0.1, 0.15) is 5.76 Å². The predicted octanol–water partition coefficient (Wildman–Crippen LogP) is 3.74. The van der Waals surface area contributed by atoms with Gasteiger partial charge in [0.25, 0.3) is 0 Å². The van der Waals surface area contributed by atoms with E-state index in [1.54, 1.807) is 6.08 Å². The van der Waals surface area contributed by atoms with Crippen LogP contribution in [0, 0.1) is 0 Å². The third-order valence-electron chi connectivity index (χ3n) is 1.59. The Bertz CT molecular complexity index is 192. The molecule has 0 unspecified atom stereocenters. The average molecular weight is 231 g/mol. The second-order valence-electron chi connectivity index (χ2n) is 2.39. The van der Waals surface area contributed by atoms with E-state index in [0.717, 1.165) is 24.8 Å². The molecule has 2 heteroatoms. The highest BCUT2D eigenvalue weighted by atomic mass is 79.9. The van der Waals surface area contributed by atoms with Gasteiger partial charge in [0.05, 0.1) is 0 Å². The van der Waals surface area contributed by atoms with E-state index in [1.165, 1.54) is 0 Å². The van der Waals surface area contributed by atoms with Gasteiger partial charge < -0.3 is 5.11 Å². The van der Waals surface area contributed by atoms with Crippen LogP contribution in [0.1, 0.15) is 19.3 Å². The second kappa shape index (κ2) is 7.17. The van der Waals surface area contributed by atoms with Gasteiger partial charge in [0.15, 0.2) is 0 Å². The van der Waals surface area contributed by atoms with E-state index in [1.807, 2.05) is 11.9 Å². The van der Waals surface area contributed by atoms with Crippen molar-refractivity contribution in [2.45, 2.75) is 19.3 Å². The summed E-state index contributed by atoms with van der Waals surface area (Å²) >= 11 is 2.94. The summed E-state index contributed by atoms with van der Waals surface area (Å²) in [6.45, 7) is 3.61. The molecule has 0 saturated carbocycles. The number of hydrogen-bond acceptors (Lipinski definition) is 1. The normalized spacial score (nSPS) is 15.2. The Kier molecular flexibility index (Phi) is 6.87. The maximum atomic E-state index is 9.25. The van der Waals surface area contributed by atoms with E-state index in [-0.39, 0.29) is 0 Å². The van der Waals surface area contributed by atoms with Crippen LogP contribution in [-0.2, 0) is 0 Å². The molecule has 0 aromatic heterocycles. The zero-order valence-electron chi connectivity index (χ0n) is 7.39. The largest absolute Gasteiger partial charge is 0.508 e. The Morgan fingerprint density at radius 2 is 2.08 bits per heavy atom. The van der Waals surface area contributed by atoms with Crippen molar-refractivity contribution in [3.05, 3.63) is 36.1 Å². The van der Waals surface area contributed by atoms with E-state index >= 15 is 0 Å². The minimum Gasteiger partial charge on any atom is -0.508 e. The smallest absolute Gasteiger partial charge is 0.114 e. The molecule has 0 heterocycles. The van der Waals surface area contributed by atoms with E-state index < -0.39 is 0 Å². The topological polar surface area (TPSA) is 20.2 Å². The van der Waals surface area contributed by atoms with Gasteiger partial charge in [-0.25, -0.2) is 0 Å². The lowest BCUT2D eigenvalue weighted by molar-refractivity contribution is 0.415. The Morgan fingerprint density at radius 3 is 2.58 bits per heavy atom. The average Bonchev–Trinajstić information content (AvgIpc) is 2.13. The Labute approximate surface area is 82.6 Å². The molecule has 1 N–H and O–H groups in total. The van der Waals surface area contributed by atoms with Gasteiger partial charge in [0, 0.05) is 0 Å². The molecule has 1 nitrogen and oxygen atoms in total. The van der Waals surface area contributed by atoms with Crippen molar-refractivity contribution in [2.75, 3.05) is 5.83 Å². The van der Waals surface area contributed by atoms with Crippen molar-refractivity contribution >= 4 is 15.9 Å². The minimum absolute atomic E-state index is 0.436. The number of aliphatic hydroxyl groups is 1. The predicted molar refractivity (Wildman–Crippen MR) is 57.7 cm³/mol. The zero-order valence-corrected chi connectivity index (χ0v) is 8.97. The minimum atomic E-state index is 0.436. The first-order valence-corrected chi connectivity index (χ1v) is 5.50. The highest BCUT2D eigenvalue weighted by Gasteiger charge is 2.03. The molecule has 0 bridgehead atoms. The van der Waals surface area contributed by atoms with Crippen molar-refractivity contribution < 1.29 is 5.11 Å². The molecular formula is C10H15BrO. The molecular weight excluding hydrogens is 216 g/mol. The van der Waals surface area contributed by atoms with Gasteiger partial charge in [0.2, 0.25) is 0 Å². The SMILES string of the molecule is C=CCC1=CCCC=C1O.CBr. The van der Waals surface area contributed by atoms with E-state index in [0.29, 0.717) is 5.76 Å². The fourth-order valence-corrected chi connectivity index (χ4v) is 1.06. The lowest BCUT2D eigenvalue weighted by atomic mass is 10.0. The molecule has 68 valence electrons. The van der Waals surface area contributed by atoms with Crippen molar-refractivity contribution in [1.82, 2.24) is 0 Å². The summed E-state index contributed by atoms with van der Waals surface area (Å²) in [6.07, 6.45) is 8.53. The molecule has 0 saturated heterocycles. The van der Waals surface area contributed by atoms with Crippen LogP contribution in [-0.4, -0.2) is 10.9 Å². The van der Waals surface area contributed by atoms with Crippen LogP contribution in [0.3, 0.4) is 0 Å². The van der Waals surface area contributed by atoms with Crippen molar-refractivity contribution in [3.63, 3.8) is 0 Å². The van der Waals surface area contributed by atoms with Gasteiger partial charge in [-0.05, 0) is 36.7 Å². The standard InChI is InChI=1S/C9H12O.CH3Br/c1-2-5-8-6-3-4-7-9(8)10;1-2/h2,6-7,10H,1,3-5H2;1H3. The molecule has 0 spiro atoms. The lowest BCUT2D eigenvalue weighted by Gasteiger charge is -2.07. The molecule has 0 aliphatic heterocycles. The summed E-state index contributed by atoms with van der Waals surface area (Å²) in [7, 11) is 0. The van der Waals surface area contributed by atoms with Gasteiger partial charge >= 0.3 is 0 Å². The summed E-state index contributed by atoms with van der Waals surface area (Å²) in [5.41, 5.74) is 1.02. The summed E-state index contributed by atoms with van der Waals surface area (Å²) < 4.78 is 0. The van der Waals surface area contributed by atoms with Crippen LogP contribution >= 0.6 is 15.9 Å². The maximum Gasteiger partial charge on any atom is 0.114 e. The number of allylic oxidation sites excluding steroid dienone is 4. The molecule has 0 fully saturated rings. The van der Waals surface area contributed by atoms with Crippen molar-refractivity contribution in [3.8, 4) is 0 Å². The van der Waals surface area contributed by atoms with Crippen LogP contribution < -0.4 is 0 Å². The lowest BCUT2D eigenvalue weighted by Crippen LogP contribution is -1.92. The number of hydrogen-bond donors (Lipinski definition) is 1. The van der Waals surface area contributed by atoms with Gasteiger partial charge in [-0.15, -0.1) is 6.58 Å². The molecule has 12 heavy (non-hydrogen) atoms. The summed E-state index contributed by atoms with van der Waals surface area (Å²) in [6, 6.07) is 0. The fraction of sp³-hybridized carbons (Fsp3) is 0.400.